The summed E-state index contributed by atoms with van der Waals surface area (Å²) in [6.07, 6.45) is 2.55. The fourth-order valence-corrected chi connectivity index (χ4v) is 0.432. The molecule has 4 heteroatoms. The second-order valence-corrected chi connectivity index (χ2v) is 3.51. The third-order valence-corrected chi connectivity index (χ3v) is 1.05. The van der Waals surface area contributed by atoms with E-state index >= 15 is 0 Å². The van der Waals surface area contributed by atoms with Gasteiger partial charge in [-0.1, -0.05) is 20.3 Å². The van der Waals surface area contributed by atoms with Gasteiger partial charge in [0.2, 0.25) is 0 Å². The number of hydrogen-bond donors (Lipinski definition) is 0. The van der Waals surface area contributed by atoms with Crippen molar-refractivity contribution in [1.82, 2.24) is 0 Å². The zero-order valence-electron chi connectivity index (χ0n) is 8.43. The molecular formula is C9H17BrO3. The summed E-state index contributed by atoms with van der Waals surface area (Å²) >= 11 is 2.63. The fourth-order valence-electron chi connectivity index (χ4n) is 0.432. The molecule has 0 aromatic rings. The van der Waals surface area contributed by atoms with Crippen molar-refractivity contribution < 1.29 is 14.3 Å². The van der Waals surface area contributed by atoms with Crippen LogP contribution in [0.25, 0.3) is 0 Å². The Morgan fingerprint density at radius 2 is 1.77 bits per heavy atom. The van der Waals surface area contributed by atoms with Crippen molar-refractivity contribution in [3.05, 3.63) is 0 Å². The predicted octanol–water partition coefficient (Wildman–Crippen LogP) is 2.67. The first-order valence-corrected chi connectivity index (χ1v) is 5.15. The molecule has 0 bridgehead atoms. The lowest BCUT2D eigenvalue weighted by molar-refractivity contribution is -0.143. The van der Waals surface area contributed by atoms with Crippen molar-refractivity contribution in [2.24, 2.45) is 0 Å². The third kappa shape index (κ3) is 24.5. The summed E-state index contributed by atoms with van der Waals surface area (Å²) in [5.74, 6) is -0.0940. The van der Waals surface area contributed by atoms with Crippen LogP contribution < -0.4 is 0 Å². The van der Waals surface area contributed by atoms with E-state index in [1.807, 2.05) is 0 Å². The highest BCUT2D eigenvalue weighted by atomic mass is 79.9. The maximum atomic E-state index is 10.5. The summed E-state index contributed by atoms with van der Waals surface area (Å²) in [4.78, 5) is 19.8. The molecule has 0 atom stereocenters. The van der Waals surface area contributed by atoms with Crippen LogP contribution in [0.3, 0.4) is 0 Å². The maximum Gasteiger partial charge on any atom is 0.305 e. The Morgan fingerprint density at radius 1 is 1.31 bits per heavy atom. The molecule has 0 heterocycles. The first-order valence-electron chi connectivity index (χ1n) is 4.36. The average Bonchev–Trinajstić information content (AvgIpc) is 2.03. The molecule has 0 aromatic carbocycles. The Kier molecular flexibility index (Phi) is 13.5. The molecular weight excluding hydrogens is 236 g/mol. The highest BCUT2D eigenvalue weighted by molar-refractivity contribution is 9.18. The number of unbranched alkanes of at least 4 members (excludes halogenated alkanes) is 1. The lowest BCUT2D eigenvalue weighted by Crippen LogP contribution is -2.02. The largest absolute Gasteiger partial charge is 0.466 e. The van der Waals surface area contributed by atoms with Gasteiger partial charge in [0.15, 0.2) is 4.69 Å². The summed E-state index contributed by atoms with van der Waals surface area (Å²) in [7, 11) is 0. The third-order valence-electron chi connectivity index (χ3n) is 1.05. The molecule has 3 nitrogen and oxygen atoms in total. The number of carbonyl (C=O) groups excluding carboxylic acids is 2. The molecule has 0 radical (unpaired) electrons. The molecule has 78 valence electrons. The van der Waals surface area contributed by atoms with Crippen molar-refractivity contribution in [1.29, 1.82) is 0 Å². The van der Waals surface area contributed by atoms with Crippen LogP contribution in [0.1, 0.15) is 40.0 Å². The number of halogens is 1. The van der Waals surface area contributed by atoms with Crippen LogP contribution in [-0.2, 0) is 14.3 Å². The smallest absolute Gasteiger partial charge is 0.305 e. The van der Waals surface area contributed by atoms with E-state index in [0.717, 1.165) is 12.8 Å². The maximum absolute atomic E-state index is 10.5. The molecule has 0 N–H and O–H groups in total. The Labute approximate surface area is 88.0 Å². The normalized spacial score (nSPS) is 8.31. The average molecular weight is 253 g/mol. The van der Waals surface area contributed by atoms with Crippen molar-refractivity contribution in [2.75, 3.05) is 6.61 Å². The summed E-state index contributed by atoms with van der Waals surface area (Å²) in [6.45, 7) is 5.90. The van der Waals surface area contributed by atoms with Crippen molar-refractivity contribution >= 4 is 26.6 Å². The minimum absolute atomic E-state index is 0.0208. The van der Waals surface area contributed by atoms with Crippen molar-refractivity contribution in [2.45, 2.75) is 40.0 Å². The van der Waals surface area contributed by atoms with Gasteiger partial charge in [0.1, 0.15) is 0 Å². The molecule has 0 amide bonds. The van der Waals surface area contributed by atoms with E-state index in [2.05, 4.69) is 22.9 Å². The van der Waals surface area contributed by atoms with E-state index in [9.17, 15) is 9.59 Å². The Balaban J connectivity index is 0. The summed E-state index contributed by atoms with van der Waals surface area (Å²) in [6, 6.07) is 0. The highest BCUT2D eigenvalue weighted by Gasteiger charge is 1.94. The number of hydrogen-bond acceptors (Lipinski definition) is 3. The first kappa shape index (κ1) is 15.1. The molecule has 0 aliphatic heterocycles. The first-order chi connectivity index (χ1) is 6.04. The van der Waals surface area contributed by atoms with E-state index in [4.69, 9.17) is 4.74 Å². The Bertz CT molecular complexity index is 142. The van der Waals surface area contributed by atoms with Crippen LogP contribution in [0.15, 0.2) is 0 Å². The molecule has 0 rings (SSSR count). The monoisotopic (exact) mass is 252 g/mol. The molecule has 0 aliphatic carbocycles. The summed E-state index contributed by atoms with van der Waals surface area (Å²) in [5, 5.41) is 0. The molecule has 0 aromatic heterocycles. The molecule has 0 fully saturated rings. The van der Waals surface area contributed by atoms with Gasteiger partial charge < -0.3 is 4.74 Å². The minimum atomic E-state index is -0.0940. The second kappa shape index (κ2) is 11.6. The van der Waals surface area contributed by atoms with Crippen molar-refractivity contribution in [3.63, 3.8) is 0 Å². The van der Waals surface area contributed by atoms with Gasteiger partial charge in [0, 0.05) is 13.3 Å². The minimum Gasteiger partial charge on any atom is -0.466 e. The molecule has 0 saturated heterocycles. The van der Waals surface area contributed by atoms with Crippen LogP contribution in [0, 0.1) is 0 Å². The summed E-state index contributed by atoms with van der Waals surface area (Å²) in [5.41, 5.74) is 0. The van der Waals surface area contributed by atoms with Gasteiger partial charge in [0.25, 0.3) is 0 Å². The van der Waals surface area contributed by atoms with Crippen LogP contribution >= 0.6 is 15.9 Å². The van der Waals surface area contributed by atoms with Crippen molar-refractivity contribution in [3.8, 4) is 0 Å². The van der Waals surface area contributed by atoms with Gasteiger partial charge in [-0.15, -0.1) is 0 Å². The molecule has 13 heavy (non-hydrogen) atoms. The SMILES string of the molecule is CC(=O)Br.CCCCOC(=O)CC. The number of carbonyl (C=O) groups is 2. The van der Waals surface area contributed by atoms with E-state index in [1.165, 1.54) is 6.92 Å². The van der Waals surface area contributed by atoms with Gasteiger partial charge in [-0.05, 0) is 22.4 Å². The topological polar surface area (TPSA) is 43.4 Å². The van der Waals surface area contributed by atoms with Gasteiger partial charge in [0.05, 0.1) is 6.61 Å². The van der Waals surface area contributed by atoms with E-state index < -0.39 is 0 Å². The predicted molar refractivity (Wildman–Crippen MR) is 55.8 cm³/mol. The molecule has 0 aliphatic rings. The number of esters is 1. The zero-order chi connectivity index (χ0) is 10.7. The standard InChI is InChI=1S/C7H14O2.C2H3BrO/c1-3-5-6-9-7(8)4-2;1-2(3)4/h3-6H2,1-2H3;1H3. The van der Waals surface area contributed by atoms with Crippen LogP contribution in [0.4, 0.5) is 0 Å². The molecule has 0 unspecified atom stereocenters. The van der Waals surface area contributed by atoms with Gasteiger partial charge >= 0.3 is 5.97 Å². The lowest BCUT2D eigenvalue weighted by atomic mass is 10.4. The zero-order valence-corrected chi connectivity index (χ0v) is 10.0. The van der Waals surface area contributed by atoms with Crippen LogP contribution in [-0.4, -0.2) is 17.3 Å². The Morgan fingerprint density at radius 3 is 2.08 bits per heavy atom. The van der Waals surface area contributed by atoms with Gasteiger partial charge in [-0.25, -0.2) is 0 Å². The quantitative estimate of drug-likeness (QED) is 0.439. The lowest BCUT2D eigenvalue weighted by Gasteiger charge is -1.99. The van der Waals surface area contributed by atoms with Crippen LogP contribution in [0.2, 0.25) is 0 Å². The fraction of sp³-hybridized carbons (Fsp3) is 0.778. The molecule has 0 spiro atoms. The molecule has 0 saturated carbocycles. The van der Waals surface area contributed by atoms with Gasteiger partial charge in [-0.2, -0.15) is 0 Å². The highest BCUT2D eigenvalue weighted by Crippen LogP contribution is 1.90. The van der Waals surface area contributed by atoms with Gasteiger partial charge in [-0.3, -0.25) is 9.59 Å². The van der Waals surface area contributed by atoms with Crippen LogP contribution in [0.5, 0.6) is 0 Å². The van der Waals surface area contributed by atoms with E-state index in [0.29, 0.717) is 13.0 Å². The second-order valence-electron chi connectivity index (χ2n) is 2.40. The van der Waals surface area contributed by atoms with E-state index in [-0.39, 0.29) is 10.7 Å². The number of ether oxygens (including phenoxy) is 1. The van der Waals surface area contributed by atoms with E-state index in [1.54, 1.807) is 6.92 Å². The Hall–Kier alpha value is -0.380. The summed E-state index contributed by atoms with van der Waals surface area (Å²) < 4.78 is 4.77. The number of rotatable bonds is 4.